The van der Waals surface area contributed by atoms with Crippen LogP contribution in [0.2, 0.25) is 0 Å². The van der Waals surface area contributed by atoms with Gasteiger partial charge in [0.25, 0.3) is 0 Å². The smallest absolute Gasteiger partial charge is 0.414 e. The third-order valence-corrected chi connectivity index (χ3v) is 7.99. The van der Waals surface area contributed by atoms with E-state index in [0.717, 1.165) is 21.4 Å². The lowest BCUT2D eigenvalue weighted by Crippen LogP contribution is -2.36. The summed E-state index contributed by atoms with van der Waals surface area (Å²) in [5.74, 6) is 0.927. The van der Waals surface area contributed by atoms with Crippen LogP contribution in [-0.2, 0) is 9.47 Å². The molecule has 0 unspecified atom stereocenters. The molecule has 0 saturated carbocycles. The van der Waals surface area contributed by atoms with Crippen molar-refractivity contribution < 1.29 is 19.1 Å². The number of carbonyl (C=O) groups is 2. The number of carbonyl (C=O) groups excluding carboxylic acids is 2. The zero-order valence-corrected chi connectivity index (χ0v) is 22.7. The zero-order valence-electron chi connectivity index (χ0n) is 20.3. The van der Waals surface area contributed by atoms with E-state index in [1.807, 2.05) is 63.2 Å². The van der Waals surface area contributed by atoms with Gasteiger partial charge in [-0.15, -0.1) is 11.6 Å². The highest BCUT2D eigenvalue weighted by Crippen LogP contribution is 2.45. The van der Waals surface area contributed by atoms with Crippen molar-refractivity contribution in [3.8, 4) is 0 Å². The van der Waals surface area contributed by atoms with Crippen LogP contribution in [0.5, 0.6) is 0 Å². The number of pyridine rings is 1. The predicted octanol–water partition coefficient (Wildman–Crippen LogP) is 7.30. The van der Waals surface area contributed by atoms with E-state index in [0.29, 0.717) is 29.6 Å². The lowest BCUT2D eigenvalue weighted by Gasteiger charge is -2.25. The van der Waals surface area contributed by atoms with Crippen LogP contribution in [0.3, 0.4) is 0 Å². The minimum Gasteiger partial charge on any atom is -0.448 e. The molecule has 3 aromatic rings. The van der Waals surface area contributed by atoms with Crippen molar-refractivity contribution in [1.82, 2.24) is 4.98 Å². The summed E-state index contributed by atoms with van der Waals surface area (Å²) in [5.41, 5.74) is 1.60. The van der Waals surface area contributed by atoms with E-state index < -0.39 is 17.8 Å². The molecule has 4 rings (SSSR count). The summed E-state index contributed by atoms with van der Waals surface area (Å²) >= 11 is 6.31. The molecule has 0 fully saturated rings. The number of benzene rings is 2. The van der Waals surface area contributed by atoms with Gasteiger partial charge in [-0.1, -0.05) is 41.1 Å². The van der Waals surface area contributed by atoms with E-state index in [2.05, 4.69) is 10.3 Å². The molecule has 1 aromatic heterocycles. The third-order valence-electron chi connectivity index (χ3n) is 5.39. The highest BCUT2D eigenvalue weighted by molar-refractivity contribution is 8.76. The molecule has 0 bridgehead atoms. The lowest BCUT2D eigenvalue weighted by atomic mass is 9.95. The second-order valence-electron chi connectivity index (χ2n) is 9.18. The predicted molar refractivity (Wildman–Crippen MR) is 149 cm³/mol. The molecule has 1 aliphatic heterocycles. The number of alkyl halides is 1. The molecule has 190 valence electrons. The van der Waals surface area contributed by atoms with Crippen LogP contribution in [0.25, 0.3) is 10.8 Å². The van der Waals surface area contributed by atoms with E-state index in [-0.39, 0.29) is 12.5 Å². The Hall–Kier alpha value is -2.62. The number of ether oxygens (including phenoxy) is 2. The first-order chi connectivity index (χ1) is 17.3. The quantitative estimate of drug-likeness (QED) is 0.189. The van der Waals surface area contributed by atoms with Crippen molar-refractivity contribution in [2.75, 3.05) is 35.0 Å². The Morgan fingerprint density at radius 1 is 1.17 bits per heavy atom. The van der Waals surface area contributed by atoms with Gasteiger partial charge in [0.2, 0.25) is 0 Å². The molecule has 0 spiro atoms. The Morgan fingerprint density at radius 3 is 2.61 bits per heavy atom. The lowest BCUT2D eigenvalue weighted by molar-refractivity contribution is 0.0582. The number of anilines is 2. The average Bonchev–Trinajstić information content (AvgIpc) is 3.22. The molecule has 2 aromatic carbocycles. The molecular formula is C26H28ClN3O4S2. The highest BCUT2D eigenvalue weighted by atomic mass is 35.5. The first-order valence-electron chi connectivity index (χ1n) is 11.5. The Balaban J connectivity index is 1.49. The SMILES string of the molecule is CC(C)(C)OC(=O)N1C[C@@H](CCl)c2c1cc(NC(=O)OCCSSc1ccccn1)c1ccccc21. The summed E-state index contributed by atoms with van der Waals surface area (Å²) in [5, 5.41) is 5.56. The Kier molecular flexibility index (Phi) is 8.54. The van der Waals surface area contributed by atoms with Crippen molar-refractivity contribution in [2.24, 2.45) is 0 Å². The second-order valence-corrected chi connectivity index (χ2v) is 11.9. The van der Waals surface area contributed by atoms with Gasteiger partial charge in [-0.3, -0.25) is 10.2 Å². The van der Waals surface area contributed by atoms with Crippen LogP contribution in [0.1, 0.15) is 32.3 Å². The molecule has 7 nitrogen and oxygen atoms in total. The summed E-state index contributed by atoms with van der Waals surface area (Å²) in [6, 6.07) is 15.3. The van der Waals surface area contributed by atoms with Crippen LogP contribution in [0.4, 0.5) is 21.0 Å². The van der Waals surface area contributed by atoms with Gasteiger partial charge in [0, 0.05) is 35.7 Å². The van der Waals surface area contributed by atoms with E-state index in [1.165, 1.54) is 10.8 Å². The number of aromatic nitrogens is 1. The minimum absolute atomic E-state index is 0.0475. The van der Waals surface area contributed by atoms with Gasteiger partial charge in [-0.05, 0) is 60.7 Å². The van der Waals surface area contributed by atoms with Gasteiger partial charge in [-0.25, -0.2) is 14.6 Å². The van der Waals surface area contributed by atoms with Gasteiger partial charge in [0.1, 0.15) is 17.2 Å². The number of rotatable bonds is 7. The molecule has 0 radical (unpaired) electrons. The molecule has 0 saturated heterocycles. The zero-order chi connectivity index (χ0) is 25.7. The van der Waals surface area contributed by atoms with Crippen molar-refractivity contribution in [3.05, 3.63) is 60.3 Å². The summed E-state index contributed by atoms with van der Waals surface area (Å²) in [7, 11) is 3.10. The van der Waals surface area contributed by atoms with E-state index >= 15 is 0 Å². The number of amides is 2. The maximum absolute atomic E-state index is 13.0. The topological polar surface area (TPSA) is 80.8 Å². The number of halogens is 1. The molecular weight excluding hydrogens is 518 g/mol. The minimum atomic E-state index is -0.634. The van der Waals surface area contributed by atoms with Crippen LogP contribution >= 0.6 is 33.2 Å². The van der Waals surface area contributed by atoms with Gasteiger partial charge in [0.15, 0.2) is 0 Å². The molecule has 1 aliphatic rings. The first kappa shape index (κ1) is 26.4. The van der Waals surface area contributed by atoms with E-state index in [4.69, 9.17) is 21.1 Å². The number of nitrogens with zero attached hydrogens (tertiary/aromatic N) is 2. The van der Waals surface area contributed by atoms with Gasteiger partial charge in [-0.2, -0.15) is 0 Å². The normalized spacial score (nSPS) is 15.0. The van der Waals surface area contributed by atoms with Crippen LogP contribution in [0.15, 0.2) is 59.8 Å². The second kappa shape index (κ2) is 11.6. The van der Waals surface area contributed by atoms with E-state index in [9.17, 15) is 9.59 Å². The van der Waals surface area contributed by atoms with Gasteiger partial charge >= 0.3 is 12.2 Å². The molecule has 10 heteroatoms. The molecule has 1 atom stereocenters. The van der Waals surface area contributed by atoms with Crippen molar-refractivity contribution >= 4 is 67.5 Å². The third kappa shape index (κ3) is 6.38. The average molecular weight is 546 g/mol. The Labute approximate surface area is 223 Å². The number of nitrogens with one attached hydrogen (secondary N) is 1. The van der Waals surface area contributed by atoms with Gasteiger partial charge < -0.3 is 9.47 Å². The molecule has 2 amide bonds. The fourth-order valence-electron chi connectivity index (χ4n) is 3.98. The van der Waals surface area contributed by atoms with Crippen LogP contribution in [-0.4, -0.2) is 47.6 Å². The van der Waals surface area contributed by atoms with Crippen molar-refractivity contribution in [3.63, 3.8) is 0 Å². The summed E-state index contributed by atoms with van der Waals surface area (Å²) in [4.78, 5) is 31.5. The summed E-state index contributed by atoms with van der Waals surface area (Å²) < 4.78 is 11.0. The maximum atomic E-state index is 13.0. The highest BCUT2D eigenvalue weighted by Gasteiger charge is 2.36. The number of hydrogen-bond acceptors (Lipinski definition) is 7. The standard InChI is InChI=1S/C26H28ClN3O4S2/c1-26(2,3)34-25(32)30-16-17(15-27)23-19-9-5-4-8-18(19)20(14-21(23)30)29-24(31)33-12-13-35-36-22-10-6-7-11-28-22/h4-11,14,17H,12-13,15-16H2,1-3H3,(H,29,31)/t17-/m1/s1. The summed E-state index contributed by atoms with van der Waals surface area (Å²) in [6.07, 6.45) is 0.745. The molecule has 0 aliphatic carbocycles. The fourth-order valence-corrected chi connectivity index (χ4v) is 5.94. The van der Waals surface area contributed by atoms with Crippen LogP contribution < -0.4 is 10.2 Å². The Bertz CT molecular complexity index is 1240. The maximum Gasteiger partial charge on any atom is 0.414 e. The fraction of sp³-hybridized carbons (Fsp3) is 0.346. The van der Waals surface area contributed by atoms with Crippen molar-refractivity contribution in [1.29, 1.82) is 0 Å². The number of hydrogen-bond donors (Lipinski definition) is 1. The monoisotopic (exact) mass is 545 g/mol. The molecule has 36 heavy (non-hydrogen) atoms. The number of fused-ring (bicyclic) bond motifs is 3. The van der Waals surface area contributed by atoms with Crippen molar-refractivity contribution in [2.45, 2.75) is 37.3 Å². The van der Waals surface area contributed by atoms with E-state index in [1.54, 1.807) is 28.0 Å². The summed E-state index contributed by atoms with van der Waals surface area (Å²) in [6.45, 7) is 6.15. The Morgan fingerprint density at radius 2 is 1.92 bits per heavy atom. The molecule has 2 heterocycles. The first-order valence-corrected chi connectivity index (χ1v) is 14.4. The largest absolute Gasteiger partial charge is 0.448 e. The van der Waals surface area contributed by atoms with Crippen LogP contribution in [0, 0.1) is 0 Å². The molecule has 1 N–H and O–H groups in total. The van der Waals surface area contributed by atoms with Gasteiger partial charge in [0.05, 0.1) is 11.4 Å².